The molecule has 0 spiro atoms. The first-order valence-electron chi connectivity index (χ1n) is 4.55. The zero-order valence-corrected chi connectivity index (χ0v) is 8.40. The van der Waals surface area contributed by atoms with E-state index in [4.69, 9.17) is 15.7 Å². The number of rotatable bonds is 3. The van der Waals surface area contributed by atoms with E-state index in [0.29, 0.717) is 5.75 Å². The first-order chi connectivity index (χ1) is 6.63. The lowest BCUT2D eigenvalue weighted by Crippen LogP contribution is -2.08. The molecule has 3 nitrogen and oxygen atoms in total. The number of hydrogen-bond acceptors (Lipinski definition) is 3. The number of hydrogen-bond donors (Lipinski definition) is 1. The van der Waals surface area contributed by atoms with E-state index in [1.165, 1.54) is 0 Å². The molecule has 0 fully saturated rings. The van der Waals surface area contributed by atoms with Gasteiger partial charge in [-0.2, -0.15) is 5.26 Å². The zero-order chi connectivity index (χ0) is 10.6. The first kappa shape index (κ1) is 10.6. The third kappa shape index (κ3) is 2.75. The molecule has 1 aromatic carbocycles. The van der Waals surface area contributed by atoms with E-state index in [1.807, 2.05) is 37.3 Å². The molecule has 0 saturated heterocycles. The lowest BCUT2D eigenvalue weighted by Gasteiger charge is -2.09. The van der Waals surface area contributed by atoms with E-state index in [9.17, 15) is 0 Å². The fraction of sp³-hybridized carbons (Fsp3) is 0.364. The van der Waals surface area contributed by atoms with Gasteiger partial charge in [-0.25, -0.2) is 0 Å². The highest BCUT2D eigenvalue weighted by Crippen LogP contribution is 2.16. The van der Waals surface area contributed by atoms with Crippen molar-refractivity contribution in [3.05, 3.63) is 29.8 Å². The summed E-state index contributed by atoms with van der Waals surface area (Å²) in [4.78, 5) is 0. The number of ether oxygens (including phenoxy) is 1. The highest BCUT2D eigenvalue weighted by molar-refractivity contribution is 5.29. The van der Waals surface area contributed by atoms with Gasteiger partial charge in [0.15, 0.2) is 6.10 Å². The molecule has 74 valence electrons. The third-order valence-electron chi connectivity index (χ3n) is 1.90. The van der Waals surface area contributed by atoms with Crippen LogP contribution in [0.1, 0.15) is 25.5 Å². The van der Waals surface area contributed by atoms with Gasteiger partial charge in [0.2, 0.25) is 0 Å². The molecule has 0 aliphatic rings. The minimum absolute atomic E-state index is 0.0254. The molecule has 14 heavy (non-hydrogen) atoms. The Morgan fingerprint density at radius 3 is 2.29 bits per heavy atom. The Kier molecular flexibility index (Phi) is 3.49. The van der Waals surface area contributed by atoms with E-state index < -0.39 is 6.10 Å². The Morgan fingerprint density at radius 1 is 1.29 bits per heavy atom. The molecule has 0 saturated carbocycles. The Bertz CT molecular complexity index is 324. The Labute approximate surface area is 84.1 Å². The number of nitrogens with zero attached hydrogens (tertiary/aromatic N) is 1. The molecule has 0 amide bonds. The summed E-state index contributed by atoms with van der Waals surface area (Å²) in [6.45, 7) is 3.63. The number of benzene rings is 1. The van der Waals surface area contributed by atoms with Crippen LogP contribution in [0.4, 0.5) is 0 Å². The van der Waals surface area contributed by atoms with E-state index in [-0.39, 0.29) is 6.04 Å². The Balaban J connectivity index is 2.70. The molecule has 0 aliphatic carbocycles. The number of nitriles is 1. The summed E-state index contributed by atoms with van der Waals surface area (Å²) < 4.78 is 5.30. The highest BCUT2D eigenvalue weighted by atomic mass is 16.5. The fourth-order valence-corrected chi connectivity index (χ4v) is 1.08. The molecule has 1 rings (SSSR count). The zero-order valence-electron chi connectivity index (χ0n) is 8.40. The van der Waals surface area contributed by atoms with Crippen LogP contribution >= 0.6 is 0 Å². The van der Waals surface area contributed by atoms with Gasteiger partial charge in [-0.3, -0.25) is 0 Å². The molecule has 0 heterocycles. The van der Waals surface area contributed by atoms with Crippen LogP contribution in [0.2, 0.25) is 0 Å². The highest BCUT2D eigenvalue weighted by Gasteiger charge is 2.02. The van der Waals surface area contributed by atoms with Crippen molar-refractivity contribution in [2.24, 2.45) is 5.73 Å². The lowest BCUT2D eigenvalue weighted by molar-refractivity contribution is 0.276. The van der Waals surface area contributed by atoms with Gasteiger partial charge < -0.3 is 10.5 Å². The first-order valence-corrected chi connectivity index (χ1v) is 4.55. The standard InChI is InChI=1S/C11H14N2O/c1-8(7-12)14-11-5-3-10(4-6-11)9(2)13/h3-6,8-9H,13H2,1-2H3. The summed E-state index contributed by atoms with van der Waals surface area (Å²) in [7, 11) is 0. The molecule has 2 unspecified atom stereocenters. The quantitative estimate of drug-likeness (QED) is 0.793. The summed E-state index contributed by atoms with van der Waals surface area (Å²) in [6, 6.07) is 9.49. The van der Waals surface area contributed by atoms with Crippen molar-refractivity contribution in [1.29, 1.82) is 5.26 Å². The maximum absolute atomic E-state index is 8.54. The second kappa shape index (κ2) is 4.64. The van der Waals surface area contributed by atoms with Crippen molar-refractivity contribution in [3.8, 4) is 11.8 Å². The molecule has 0 bridgehead atoms. The minimum Gasteiger partial charge on any atom is -0.476 e. The average Bonchev–Trinajstić information content (AvgIpc) is 2.18. The van der Waals surface area contributed by atoms with Gasteiger partial charge in [-0.05, 0) is 31.5 Å². The van der Waals surface area contributed by atoms with Crippen molar-refractivity contribution in [3.63, 3.8) is 0 Å². The molecule has 0 radical (unpaired) electrons. The van der Waals surface area contributed by atoms with Gasteiger partial charge in [-0.15, -0.1) is 0 Å². The van der Waals surface area contributed by atoms with Gasteiger partial charge in [0.25, 0.3) is 0 Å². The second-order valence-corrected chi connectivity index (χ2v) is 3.25. The van der Waals surface area contributed by atoms with Crippen LogP contribution in [0.5, 0.6) is 5.75 Å². The molecule has 0 aromatic heterocycles. The van der Waals surface area contributed by atoms with Crippen molar-refractivity contribution < 1.29 is 4.74 Å². The maximum atomic E-state index is 8.54. The summed E-state index contributed by atoms with van der Waals surface area (Å²) >= 11 is 0. The monoisotopic (exact) mass is 190 g/mol. The van der Waals surface area contributed by atoms with E-state index >= 15 is 0 Å². The van der Waals surface area contributed by atoms with Gasteiger partial charge in [-0.1, -0.05) is 12.1 Å². The molecular weight excluding hydrogens is 176 g/mol. The van der Waals surface area contributed by atoms with Gasteiger partial charge in [0, 0.05) is 6.04 Å². The van der Waals surface area contributed by atoms with Crippen LogP contribution in [0.15, 0.2) is 24.3 Å². The smallest absolute Gasteiger partial charge is 0.181 e. The van der Waals surface area contributed by atoms with Crippen LogP contribution in [0.3, 0.4) is 0 Å². The van der Waals surface area contributed by atoms with Gasteiger partial charge in [0.1, 0.15) is 11.8 Å². The molecular formula is C11H14N2O. The minimum atomic E-state index is -0.420. The predicted octanol–water partition coefficient (Wildman–Crippen LogP) is 2.00. The summed E-state index contributed by atoms with van der Waals surface area (Å²) in [5, 5.41) is 8.54. The van der Waals surface area contributed by atoms with Crippen molar-refractivity contribution >= 4 is 0 Å². The fourth-order valence-electron chi connectivity index (χ4n) is 1.08. The predicted molar refractivity (Wildman–Crippen MR) is 54.7 cm³/mol. The van der Waals surface area contributed by atoms with Crippen LogP contribution in [-0.2, 0) is 0 Å². The Hall–Kier alpha value is -1.53. The van der Waals surface area contributed by atoms with E-state index in [2.05, 4.69) is 0 Å². The normalized spacial score (nSPS) is 14.1. The van der Waals surface area contributed by atoms with Gasteiger partial charge >= 0.3 is 0 Å². The third-order valence-corrected chi connectivity index (χ3v) is 1.90. The van der Waals surface area contributed by atoms with Crippen molar-refractivity contribution in [1.82, 2.24) is 0 Å². The van der Waals surface area contributed by atoms with Crippen LogP contribution in [0, 0.1) is 11.3 Å². The maximum Gasteiger partial charge on any atom is 0.181 e. The van der Waals surface area contributed by atoms with Crippen LogP contribution in [-0.4, -0.2) is 6.10 Å². The second-order valence-electron chi connectivity index (χ2n) is 3.25. The summed E-state index contributed by atoms with van der Waals surface area (Å²) in [6.07, 6.45) is -0.420. The van der Waals surface area contributed by atoms with E-state index in [1.54, 1.807) is 6.92 Å². The van der Waals surface area contributed by atoms with Crippen LogP contribution < -0.4 is 10.5 Å². The largest absolute Gasteiger partial charge is 0.476 e. The lowest BCUT2D eigenvalue weighted by atomic mass is 10.1. The molecule has 0 aliphatic heterocycles. The van der Waals surface area contributed by atoms with Crippen molar-refractivity contribution in [2.75, 3.05) is 0 Å². The SMILES string of the molecule is CC(C#N)Oc1ccc(C(C)N)cc1. The molecule has 2 atom stereocenters. The molecule has 1 aromatic rings. The molecule has 2 N–H and O–H groups in total. The number of nitrogens with two attached hydrogens (primary N) is 1. The van der Waals surface area contributed by atoms with E-state index in [0.717, 1.165) is 5.56 Å². The topological polar surface area (TPSA) is 59.0 Å². The van der Waals surface area contributed by atoms with Gasteiger partial charge in [0.05, 0.1) is 0 Å². The Morgan fingerprint density at radius 2 is 1.86 bits per heavy atom. The summed E-state index contributed by atoms with van der Waals surface area (Å²) in [5.74, 6) is 0.698. The average molecular weight is 190 g/mol. The van der Waals surface area contributed by atoms with Crippen LogP contribution in [0.25, 0.3) is 0 Å². The summed E-state index contributed by atoms with van der Waals surface area (Å²) in [5.41, 5.74) is 6.76. The molecule has 3 heteroatoms. The van der Waals surface area contributed by atoms with Crippen molar-refractivity contribution in [2.45, 2.75) is 26.0 Å².